The van der Waals surface area contributed by atoms with E-state index in [0.29, 0.717) is 16.3 Å². The molecule has 0 aliphatic carbocycles. The van der Waals surface area contributed by atoms with Crippen molar-refractivity contribution in [1.29, 1.82) is 0 Å². The quantitative estimate of drug-likeness (QED) is 0.552. The molecule has 0 radical (unpaired) electrons. The number of aliphatic hydroxyl groups is 1. The highest BCUT2D eigenvalue weighted by Gasteiger charge is 2.34. The van der Waals surface area contributed by atoms with E-state index in [1.165, 1.54) is 39.6 Å². The van der Waals surface area contributed by atoms with Crippen LogP contribution in [0.25, 0.3) is 10.2 Å². The van der Waals surface area contributed by atoms with E-state index < -0.39 is 17.2 Å². The van der Waals surface area contributed by atoms with Gasteiger partial charge in [-0.2, -0.15) is 5.10 Å². The number of rotatable bonds is 5. The number of aromatic nitrogens is 5. The molecule has 1 atom stereocenters. The third kappa shape index (κ3) is 3.32. The predicted octanol–water partition coefficient (Wildman–Crippen LogP) is 2.22. The first-order chi connectivity index (χ1) is 13.4. The zero-order valence-corrected chi connectivity index (χ0v) is 15.5. The lowest BCUT2D eigenvalue weighted by molar-refractivity contribution is -0.00640. The van der Waals surface area contributed by atoms with E-state index in [9.17, 15) is 18.7 Å². The van der Waals surface area contributed by atoms with Gasteiger partial charge in [0.05, 0.1) is 24.8 Å². The van der Waals surface area contributed by atoms with Gasteiger partial charge in [0.1, 0.15) is 34.7 Å². The molecule has 3 heterocycles. The molecule has 0 unspecified atom stereocenters. The third-order valence-corrected chi connectivity index (χ3v) is 5.35. The smallest absolute Gasteiger partial charge is 0.262 e. The average Bonchev–Trinajstić information content (AvgIpc) is 3.26. The molecule has 0 aliphatic heterocycles. The fraction of sp³-hybridized carbons (Fsp3) is 0.222. The summed E-state index contributed by atoms with van der Waals surface area (Å²) in [6.07, 6.45) is 3.95. The fourth-order valence-corrected chi connectivity index (χ4v) is 3.98. The lowest BCUT2D eigenvalue weighted by Gasteiger charge is -2.29. The minimum absolute atomic E-state index is 0.155. The number of benzene rings is 1. The normalized spacial score (nSPS) is 13.7. The van der Waals surface area contributed by atoms with Gasteiger partial charge in [0.25, 0.3) is 5.56 Å². The van der Waals surface area contributed by atoms with E-state index in [-0.39, 0.29) is 24.2 Å². The van der Waals surface area contributed by atoms with Crippen LogP contribution in [0.15, 0.2) is 48.0 Å². The summed E-state index contributed by atoms with van der Waals surface area (Å²) in [4.78, 5) is 22.4. The number of hydrogen-bond acceptors (Lipinski definition) is 6. The molecule has 4 rings (SSSR count). The zero-order chi connectivity index (χ0) is 19.9. The van der Waals surface area contributed by atoms with Crippen LogP contribution in [-0.2, 0) is 18.7 Å². The van der Waals surface area contributed by atoms with Gasteiger partial charge in [-0.25, -0.2) is 23.4 Å². The van der Waals surface area contributed by atoms with Crippen molar-refractivity contribution in [1.82, 2.24) is 24.3 Å². The second-order valence-electron chi connectivity index (χ2n) is 6.50. The lowest BCUT2D eigenvalue weighted by atomic mass is 9.92. The Kier molecular flexibility index (Phi) is 4.52. The molecule has 1 N–H and O–H groups in total. The summed E-state index contributed by atoms with van der Waals surface area (Å²) in [5, 5.41) is 15.7. The van der Waals surface area contributed by atoms with Gasteiger partial charge >= 0.3 is 0 Å². The first-order valence-corrected chi connectivity index (χ1v) is 9.13. The van der Waals surface area contributed by atoms with Crippen molar-refractivity contribution in [3.8, 4) is 0 Å². The highest BCUT2D eigenvalue weighted by Crippen LogP contribution is 2.28. The molecular weight excluding hydrogens is 388 g/mol. The molecule has 144 valence electrons. The van der Waals surface area contributed by atoms with Crippen LogP contribution in [0.4, 0.5) is 8.78 Å². The summed E-state index contributed by atoms with van der Waals surface area (Å²) in [5.41, 5.74) is -2.40. The van der Waals surface area contributed by atoms with Crippen LogP contribution >= 0.6 is 11.3 Å². The maximum absolute atomic E-state index is 14.5. The van der Waals surface area contributed by atoms with Crippen LogP contribution in [0.2, 0.25) is 0 Å². The number of hydrogen-bond donors (Lipinski definition) is 1. The van der Waals surface area contributed by atoms with E-state index in [1.54, 1.807) is 6.07 Å². The van der Waals surface area contributed by atoms with Gasteiger partial charge in [-0.05, 0) is 19.1 Å². The number of thiophene rings is 1. The summed E-state index contributed by atoms with van der Waals surface area (Å²) in [7, 11) is 0. The van der Waals surface area contributed by atoms with Gasteiger partial charge in [-0.15, -0.1) is 11.3 Å². The van der Waals surface area contributed by atoms with Crippen molar-refractivity contribution in [3.63, 3.8) is 0 Å². The molecule has 4 aromatic rings. The van der Waals surface area contributed by atoms with Gasteiger partial charge in [0, 0.05) is 16.5 Å². The fourth-order valence-electron chi connectivity index (χ4n) is 3.14. The highest BCUT2D eigenvalue weighted by atomic mass is 32.1. The third-order valence-electron chi connectivity index (χ3n) is 4.40. The van der Waals surface area contributed by atoms with Crippen molar-refractivity contribution >= 4 is 21.6 Å². The van der Waals surface area contributed by atoms with Crippen LogP contribution in [0, 0.1) is 18.6 Å². The van der Waals surface area contributed by atoms with Crippen LogP contribution in [-0.4, -0.2) is 29.4 Å². The highest BCUT2D eigenvalue weighted by molar-refractivity contribution is 7.18. The summed E-state index contributed by atoms with van der Waals surface area (Å²) in [5.74, 6) is -1.69. The van der Waals surface area contributed by atoms with Gasteiger partial charge < -0.3 is 5.11 Å². The average molecular weight is 403 g/mol. The van der Waals surface area contributed by atoms with Crippen molar-refractivity contribution < 1.29 is 13.9 Å². The number of aryl methyl sites for hydroxylation is 1. The SMILES string of the molecule is Cc1cc2c(=O)n(C[C@](O)(Cn3cncn3)c3ccc(F)cc3F)cnc2s1. The number of halogens is 2. The van der Waals surface area contributed by atoms with Crippen LogP contribution in [0.1, 0.15) is 10.4 Å². The van der Waals surface area contributed by atoms with Crippen molar-refractivity contribution in [3.05, 3.63) is 75.7 Å². The number of nitrogens with zero attached hydrogens (tertiary/aromatic N) is 5. The van der Waals surface area contributed by atoms with Crippen molar-refractivity contribution in [2.75, 3.05) is 0 Å². The number of fused-ring (bicyclic) bond motifs is 1. The molecule has 0 aliphatic rings. The minimum atomic E-state index is -1.89. The standard InChI is InChI=1S/C18H15F2N5O2S/c1-11-4-13-16(28-11)22-10-24(17(13)26)6-18(27,7-25-9-21-8-23-25)14-3-2-12(19)5-15(14)20/h2-5,8-10,27H,6-7H2,1H3/t18-/m0/s1. The monoisotopic (exact) mass is 403 g/mol. The largest absolute Gasteiger partial charge is 0.381 e. The Morgan fingerprint density at radius 3 is 2.75 bits per heavy atom. The molecule has 0 saturated heterocycles. The summed E-state index contributed by atoms with van der Waals surface area (Å²) in [6, 6.07) is 4.62. The maximum atomic E-state index is 14.5. The molecular formula is C18H15F2N5O2S. The molecule has 0 fully saturated rings. The predicted molar refractivity (Wildman–Crippen MR) is 98.9 cm³/mol. The van der Waals surface area contributed by atoms with E-state index in [2.05, 4.69) is 15.1 Å². The van der Waals surface area contributed by atoms with Crippen molar-refractivity contribution in [2.24, 2.45) is 0 Å². The van der Waals surface area contributed by atoms with Crippen molar-refractivity contribution in [2.45, 2.75) is 25.6 Å². The maximum Gasteiger partial charge on any atom is 0.262 e. The first kappa shape index (κ1) is 18.4. The first-order valence-electron chi connectivity index (χ1n) is 8.32. The molecule has 7 nitrogen and oxygen atoms in total. The summed E-state index contributed by atoms with van der Waals surface area (Å²) < 4.78 is 30.4. The Morgan fingerprint density at radius 2 is 2.04 bits per heavy atom. The van der Waals surface area contributed by atoms with Gasteiger partial charge in [0.15, 0.2) is 0 Å². The Labute approximate surface area is 161 Å². The van der Waals surface area contributed by atoms with E-state index >= 15 is 0 Å². The molecule has 3 aromatic heterocycles. The van der Waals surface area contributed by atoms with Crippen LogP contribution in [0.5, 0.6) is 0 Å². The van der Waals surface area contributed by atoms with Gasteiger partial charge in [-0.3, -0.25) is 9.36 Å². The second kappa shape index (κ2) is 6.88. The zero-order valence-electron chi connectivity index (χ0n) is 14.7. The van der Waals surface area contributed by atoms with Gasteiger partial charge in [0.2, 0.25) is 0 Å². The molecule has 0 bridgehead atoms. The topological polar surface area (TPSA) is 85.8 Å². The van der Waals surface area contributed by atoms with E-state index in [0.717, 1.165) is 17.0 Å². The molecule has 10 heteroatoms. The van der Waals surface area contributed by atoms with E-state index in [1.807, 2.05) is 6.92 Å². The summed E-state index contributed by atoms with van der Waals surface area (Å²) >= 11 is 1.39. The Morgan fingerprint density at radius 1 is 1.21 bits per heavy atom. The summed E-state index contributed by atoms with van der Waals surface area (Å²) in [6.45, 7) is 1.37. The molecule has 0 spiro atoms. The second-order valence-corrected chi connectivity index (χ2v) is 7.74. The van der Waals surface area contributed by atoms with Crippen LogP contribution < -0.4 is 5.56 Å². The Bertz CT molecular complexity index is 1200. The molecule has 1 aromatic carbocycles. The molecule has 28 heavy (non-hydrogen) atoms. The Balaban J connectivity index is 1.82. The lowest BCUT2D eigenvalue weighted by Crippen LogP contribution is -2.40. The minimum Gasteiger partial charge on any atom is -0.381 e. The van der Waals surface area contributed by atoms with Crippen LogP contribution in [0.3, 0.4) is 0 Å². The molecule has 0 amide bonds. The van der Waals surface area contributed by atoms with E-state index in [4.69, 9.17) is 0 Å². The molecule has 0 saturated carbocycles. The van der Waals surface area contributed by atoms with Gasteiger partial charge in [-0.1, -0.05) is 6.07 Å². The Hall–Kier alpha value is -2.98.